The fourth-order valence-electron chi connectivity index (χ4n) is 3.00. The highest BCUT2D eigenvalue weighted by molar-refractivity contribution is 5.96. The molecule has 1 N–H and O–H groups in total. The maximum Gasteiger partial charge on any atom is 0.335 e. The molecule has 3 rings (SSSR count). The van der Waals surface area contributed by atoms with Gasteiger partial charge in [-0.05, 0) is 37.1 Å². The number of aryl methyl sites for hydroxylation is 1. The Balaban J connectivity index is 1.85. The molecule has 0 radical (unpaired) electrons. The lowest BCUT2D eigenvalue weighted by Crippen LogP contribution is -2.48. The zero-order valence-corrected chi connectivity index (χ0v) is 14.2. The summed E-state index contributed by atoms with van der Waals surface area (Å²) < 4.78 is 5.93. The van der Waals surface area contributed by atoms with Crippen LogP contribution < -0.4 is 0 Å². The summed E-state index contributed by atoms with van der Waals surface area (Å²) >= 11 is 0. The predicted octanol–water partition coefficient (Wildman–Crippen LogP) is 2.69. The third kappa shape index (κ3) is 3.53. The first kappa shape index (κ1) is 17.1. The van der Waals surface area contributed by atoms with E-state index in [-0.39, 0.29) is 29.3 Å². The van der Waals surface area contributed by atoms with Gasteiger partial charge in [0.25, 0.3) is 5.91 Å². The predicted molar refractivity (Wildman–Crippen MR) is 91.6 cm³/mol. The zero-order valence-electron chi connectivity index (χ0n) is 14.2. The number of carbonyl (C=O) groups excluding carboxylic acids is 1. The quantitative estimate of drug-likeness (QED) is 0.929. The Hall–Kier alpha value is -2.73. The zero-order chi connectivity index (χ0) is 18.0. The van der Waals surface area contributed by atoms with Gasteiger partial charge in [-0.2, -0.15) is 0 Å². The summed E-state index contributed by atoms with van der Waals surface area (Å²) in [5.41, 5.74) is 2.35. The molecular weight excluding hydrogens is 320 g/mol. The van der Waals surface area contributed by atoms with E-state index in [9.17, 15) is 9.59 Å². The molecule has 1 saturated heterocycles. The van der Waals surface area contributed by atoms with E-state index in [1.54, 1.807) is 4.90 Å². The van der Waals surface area contributed by atoms with Crippen LogP contribution in [0.15, 0.2) is 42.6 Å². The van der Waals surface area contributed by atoms with Crippen LogP contribution in [0.3, 0.4) is 0 Å². The lowest BCUT2D eigenvalue weighted by Gasteiger charge is -2.38. The highest BCUT2D eigenvalue weighted by Crippen LogP contribution is 2.28. The Kier molecular flexibility index (Phi) is 4.81. The minimum Gasteiger partial charge on any atom is -0.478 e. The SMILES string of the molecule is Cc1ccccc1C1CN(C(=O)c2cc(C(=O)O)ccn2)C(C)CO1. The highest BCUT2D eigenvalue weighted by Gasteiger charge is 2.32. The maximum absolute atomic E-state index is 12.9. The summed E-state index contributed by atoms with van der Waals surface area (Å²) in [6.07, 6.45) is 1.14. The third-order valence-electron chi connectivity index (χ3n) is 4.46. The maximum atomic E-state index is 12.9. The number of pyridine rings is 1. The summed E-state index contributed by atoms with van der Waals surface area (Å²) in [4.78, 5) is 29.7. The lowest BCUT2D eigenvalue weighted by atomic mass is 10.0. The largest absolute Gasteiger partial charge is 0.478 e. The normalized spacial score (nSPS) is 20.3. The van der Waals surface area contributed by atoms with Gasteiger partial charge in [0, 0.05) is 6.20 Å². The molecule has 0 spiro atoms. The number of hydrogen-bond acceptors (Lipinski definition) is 4. The van der Waals surface area contributed by atoms with Crippen molar-refractivity contribution in [3.05, 3.63) is 65.0 Å². The van der Waals surface area contributed by atoms with Crippen molar-refractivity contribution in [3.8, 4) is 0 Å². The van der Waals surface area contributed by atoms with Gasteiger partial charge in [-0.15, -0.1) is 0 Å². The number of nitrogens with zero attached hydrogens (tertiary/aromatic N) is 2. The van der Waals surface area contributed by atoms with Gasteiger partial charge in [-0.1, -0.05) is 24.3 Å². The molecule has 1 aromatic heterocycles. The van der Waals surface area contributed by atoms with Crippen LogP contribution in [0.4, 0.5) is 0 Å². The summed E-state index contributed by atoms with van der Waals surface area (Å²) in [6, 6.07) is 10.5. The van der Waals surface area contributed by atoms with Gasteiger partial charge in [0.15, 0.2) is 0 Å². The van der Waals surface area contributed by atoms with Gasteiger partial charge in [-0.25, -0.2) is 4.79 Å². The molecule has 2 atom stereocenters. The first-order valence-corrected chi connectivity index (χ1v) is 8.15. The molecule has 2 aromatic rings. The molecule has 1 aliphatic rings. The van der Waals surface area contributed by atoms with Crippen LogP contribution in [-0.2, 0) is 4.74 Å². The van der Waals surface area contributed by atoms with Gasteiger partial charge in [0.05, 0.1) is 24.8 Å². The molecule has 1 fully saturated rings. The van der Waals surface area contributed by atoms with Crippen LogP contribution in [-0.4, -0.2) is 46.1 Å². The summed E-state index contributed by atoms with van der Waals surface area (Å²) in [7, 11) is 0. The van der Waals surface area contributed by atoms with E-state index in [1.807, 2.05) is 38.1 Å². The highest BCUT2D eigenvalue weighted by atomic mass is 16.5. The molecule has 2 unspecified atom stereocenters. The first-order valence-electron chi connectivity index (χ1n) is 8.15. The van der Waals surface area contributed by atoms with Crippen molar-refractivity contribution in [2.45, 2.75) is 26.0 Å². The van der Waals surface area contributed by atoms with Gasteiger partial charge in [-0.3, -0.25) is 9.78 Å². The summed E-state index contributed by atoms with van der Waals surface area (Å²) in [5, 5.41) is 9.10. The van der Waals surface area contributed by atoms with Crippen molar-refractivity contribution in [1.29, 1.82) is 0 Å². The molecule has 6 heteroatoms. The average Bonchev–Trinajstić information content (AvgIpc) is 2.62. The number of benzene rings is 1. The molecular formula is C19H20N2O4. The van der Waals surface area contributed by atoms with Crippen molar-refractivity contribution in [1.82, 2.24) is 9.88 Å². The van der Waals surface area contributed by atoms with Gasteiger partial charge in [0.2, 0.25) is 0 Å². The van der Waals surface area contributed by atoms with Crippen LogP contribution in [0.25, 0.3) is 0 Å². The number of ether oxygens (including phenoxy) is 1. The summed E-state index contributed by atoms with van der Waals surface area (Å²) in [5.74, 6) is -1.36. The molecule has 6 nitrogen and oxygen atoms in total. The second kappa shape index (κ2) is 7.03. The van der Waals surface area contributed by atoms with Gasteiger partial charge in [0.1, 0.15) is 11.8 Å². The topological polar surface area (TPSA) is 79.7 Å². The minimum atomic E-state index is -1.08. The number of morpholine rings is 1. The Morgan fingerprint density at radius 3 is 2.76 bits per heavy atom. The van der Waals surface area contributed by atoms with Crippen molar-refractivity contribution >= 4 is 11.9 Å². The Labute approximate surface area is 146 Å². The van der Waals surface area contributed by atoms with E-state index in [4.69, 9.17) is 9.84 Å². The summed E-state index contributed by atoms with van der Waals surface area (Å²) in [6.45, 7) is 4.75. The third-order valence-corrected chi connectivity index (χ3v) is 4.46. The number of aromatic nitrogens is 1. The smallest absolute Gasteiger partial charge is 0.335 e. The monoisotopic (exact) mass is 340 g/mol. The Bertz CT molecular complexity index is 806. The fourth-order valence-corrected chi connectivity index (χ4v) is 3.00. The van der Waals surface area contributed by atoms with E-state index in [2.05, 4.69) is 4.98 Å². The van der Waals surface area contributed by atoms with Crippen LogP contribution >= 0.6 is 0 Å². The van der Waals surface area contributed by atoms with Crippen LogP contribution in [0.2, 0.25) is 0 Å². The first-order chi connectivity index (χ1) is 12.0. The van der Waals surface area contributed by atoms with E-state index in [1.165, 1.54) is 18.3 Å². The molecule has 1 amide bonds. The van der Waals surface area contributed by atoms with E-state index in [0.717, 1.165) is 11.1 Å². The number of amides is 1. The van der Waals surface area contributed by atoms with Crippen LogP contribution in [0.1, 0.15) is 45.0 Å². The molecule has 25 heavy (non-hydrogen) atoms. The molecule has 0 bridgehead atoms. The number of hydrogen-bond donors (Lipinski definition) is 1. The van der Waals surface area contributed by atoms with E-state index >= 15 is 0 Å². The fraction of sp³-hybridized carbons (Fsp3) is 0.316. The Morgan fingerprint density at radius 1 is 1.28 bits per heavy atom. The standard InChI is InChI=1S/C19H20N2O4/c1-12-5-3-4-6-15(12)17-10-21(13(2)11-25-17)18(22)16-9-14(19(23)24)7-8-20-16/h3-9,13,17H,10-11H2,1-2H3,(H,23,24). The van der Waals surface area contributed by atoms with Gasteiger partial charge < -0.3 is 14.7 Å². The van der Waals surface area contributed by atoms with Gasteiger partial charge >= 0.3 is 5.97 Å². The number of carboxylic acid groups (broad SMARTS) is 1. The van der Waals surface area contributed by atoms with Crippen molar-refractivity contribution in [2.24, 2.45) is 0 Å². The second-order valence-corrected chi connectivity index (χ2v) is 6.22. The molecule has 1 aliphatic heterocycles. The van der Waals surface area contributed by atoms with Crippen molar-refractivity contribution in [3.63, 3.8) is 0 Å². The van der Waals surface area contributed by atoms with Crippen LogP contribution in [0.5, 0.6) is 0 Å². The lowest BCUT2D eigenvalue weighted by molar-refractivity contribution is -0.0490. The number of rotatable bonds is 3. The minimum absolute atomic E-state index is 0.0507. The molecule has 1 aromatic carbocycles. The molecule has 0 saturated carbocycles. The number of carboxylic acids is 1. The number of carbonyl (C=O) groups is 2. The molecule has 2 heterocycles. The number of aromatic carboxylic acids is 1. The molecule has 130 valence electrons. The molecule has 0 aliphatic carbocycles. The van der Waals surface area contributed by atoms with Crippen molar-refractivity contribution in [2.75, 3.05) is 13.2 Å². The second-order valence-electron chi connectivity index (χ2n) is 6.22. The van der Waals surface area contributed by atoms with E-state index < -0.39 is 5.97 Å². The van der Waals surface area contributed by atoms with E-state index in [0.29, 0.717) is 13.2 Å². The average molecular weight is 340 g/mol. The van der Waals surface area contributed by atoms with Crippen molar-refractivity contribution < 1.29 is 19.4 Å². The van der Waals surface area contributed by atoms with Crippen LogP contribution in [0, 0.1) is 6.92 Å². The Morgan fingerprint density at radius 2 is 2.04 bits per heavy atom.